The van der Waals surface area contributed by atoms with Gasteiger partial charge in [0, 0.05) is 63.7 Å². The molecule has 0 fully saturated rings. The van der Waals surface area contributed by atoms with Crippen molar-refractivity contribution in [2.75, 3.05) is 0 Å². The maximum atomic E-state index is 12.2. The number of phenolic OH excluding ortho intramolecular Hbond substituents is 5. The predicted octanol–water partition coefficient (Wildman–Crippen LogP) is 12.9. The van der Waals surface area contributed by atoms with Crippen LogP contribution in [0, 0.1) is 16.9 Å². The largest absolute Gasteiger partial charge is 0.542 e. The predicted molar refractivity (Wildman–Crippen MR) is 234 cm³/mol. The molecule has 0 saturated heterocycles. The van der Waals surface area contributed by atoms with Crippen LogP contribution in [0.25, 0.3) is 42.2 Å². The Morgan fingerprint density at radius 2 is 1.29 bits per heavy atom. The molecule has 0 aliphatic heterocycles. The van der Waals surface area contributed by atoms with E-state index in [0.717, 1.165) is 58.7 Å². The van der Waals surface area contributed by atoms with Gasteiger partial charge in [0.25, 0.3) is 0 Å². The first-order valence-electron chi connectivity index (χ1n) is 20.2. The summed E-state index contributed by atoms with van der Waals surface area (Å²) in [5.41, 5.74) is 2.57. The molecule has 6 rings (SSSR count). The minimum atomic E-state index is -0.851. The summed E-state index contributed by atoms with van der Waals surface area (Å²) in [4.78, 5) is 16.9. The zero-order valence-corrected chi connectivity index (χ0v) is 39.6. The van der Waals surface area contributed by atoms with Crippen LogP contribution < -0.4 is 0 Å². The number of fused-ring (bicyclic) bond motifs is 5. The van der Waals surface area contributed by atoms with Crippen LogP contribution in [0.3, 0.4) is 0 Å². The van der Waals surface area contributed by atoms with Crippen molar-refractivity contribution in [3.63, 3.8) is 0 Å². The number of carbonyl (C=O) groups excluding carboxylic acids is 1. The number of pyridine rings is 1. The van der Waals surface area contributed by atoms with Gasteiger partial charge in [-0.1, -0.05) is 107 Å². The number of hydrogen-bond donors (Lipinski definition) is 6. The van der Waals surface area contributed by atoms with Crippen molar-refractivity contribution in [2.45, 2.75) is 145 Å². The summed E-state index contributed by atoms with van der Waals surface area (Å²) in [6.45, 7) is 26.9. The molecule has 2 heterocycles. The molecule has 0 spiro atoms. The number of aliphatic hydroxyl groups is 1. The molecular weight excluding hydrogens is 927 g/mol. The van der Waals surface area contributed by atoms with Crippen LogP contribution in [0.2, 0.25) is 0 Å². The Morgan fingerprint density at radius 3 is 1.81 bits per heavy atom. The van der Waals surface area contributed by atoms with Gasteiger partial charge in [-0.2, -0.15) is 0 Å². The summed E-state index contributed by atoms with van der Waals surface area (Å²) in [6.07, 6.45) is 8.69. The molecule has 1 aliphatic carbocycles. The summed E-state index contributed by atoms with van der Waals surface area (Å²) in [5, 5.41) is 66.2. The molecule has 58 heavy (non-hydrogen) atoms. The minimum absolute atomic E-state index is 0. The van der Waals surface area contributed by atoms with Crippen molar-refractivity contribution in [1.29, 1.82) is 0 Å². The fourth-order valence-corrected chi connectivity index (χ4v) is 9.23. The number of nitrogens with zero attached hydrogens (tertiary/aromatic N) is 1. The van der Waals surface area contributed by atoms with Crippen LogP contribution in [0.5, 0.6) is 28.7 Å². The normalized spacial score (nSPS) is 15.5. The summed E-state index contributed by atoms with van der Waals surface area (Å²) >= 11 is 1.60. The van der Waals surface area contributed by atoms with E-state index in [2.05, 4.69) is 50.9 Å². The molecule has 3 aromatic carbocycles. The van der Waals surface area contributed by atoms with Crippen LogP contribution in [0.1, 0.15) is 145 Å². The van der Waals surface area contributed by atoms with E-state index < -0.39 is 28.4 Å². The Labute approximate surface area is 361 Å². The summed E-state index contributed by atoms with van der Waals surface area (Å²) in [6, 6.07) is 9.66. The van der Waals surface area contributed by atoms with Gasteiger partial charge in [-0.15, -0.1) is 17.4 Å². The number of carbonyl (C=O) groups is 1. The molecule has 317 valence electrons. The molecule has 5 aromatic rings. The third-order valence-corrected chi connectivity index (χ3v) is 14.5. The van der Waals surface area contributed by atoms with Gasteiger partial charge in [0.1, 0.15) is 17.3 Å². The van der Waals surface area contributed by atoms with Crippen LogP contribution in [-0.2, 0) is 41.1 Å². The average Bonchev–Trinajstić information content (AvgIpc) is 3.54. The van der Waals surface area contributed by atoms with Gasteiger partial charge in [-0.25, -0.2) is 0 Å². The van der Waals surface area contributed by atoms with Gasteiger partial charge >= 0.3 is 0 Å². The first-order chi connectivity index (χ1) is 26.3. The van der Waals surface area contributed by atoms with Gasteiger partial charge in [0.15, 0.2) is 17.3 Å². The Hall–Kier alpha value is -3.85. The second-order valence-corrected chi connectivity index (χ2v) is 19.9. The SMILES string of the molecule is CC(C)(C)c1c(O)c(-c2nccc3c2sc2cc4c(cc23)C(C)(C)CCC4(C)C)[c-]c2c(O)c(O)c(O)c(O)c12.CCC(C)(CC)C(=O)/C=C(\O)C(C)(CC)CC.[Ir]. The Kier molecular flexibility index (Phi) is 13.2. The van der Waals surface area contributed by atoms with E-state index >= 15 is 0 Å². The molecule has 10 heteroatoms. The molecule has 2 aromatic heterocycles. The van der Waals surface area contributed by atoms with E-state index in [9.17, 15) is 35.4 Å². The van der Waals surface area contributed by atoms with Crippen LogP contribution >= 0.6 is 11.3 Å². The van der Waals surface area contributed by atoms with E-state index in [1.165, 1.54) is 17.2 Å². The van der Waals surface area contributed by atoms with E-state index in [0.29, 0.717) is 11.3 Å². The molecule has 1 radical (unpaired) electrons. The number of hydrogen-bond acceptors (Lipinski definition) is 9. The van der Waals surface area contributed by atoms with Gasteiger partial charge in [0.05, 0.1) is 5.75 Å². The van der Waals surface area contributed by atoms with Crippen molar-refractivity contribution in [1.82, 2.24) is 4.98 Å². The zero-order valence-electron chi connectivity index (χ0n) is 36.4. The Morgan fingerprint density at radius 1 is 0.776 bits per heavy atom. The molecular formula is C48H62IrNO7S-. The number of aromatic nitrogens is 1. The zero-order chi connectivity index (χ0) is 42.8. The average molecular weight is 989 g/mol. The number of phenols is 5. The van der Waals surface area contributed by atoms with Crippen molar-refractivity contribution in [2.24, 2.45) is 10.8 Å². The van der Waals surface area contributed by atoms with Crippen molar-refractivity contribution in [3.05, 3.63) is 59.0 Å². The van der Waals surface area contributed by atoms with Crippen LogP contribution in [-0.4, -0.2) is 41.4 Å². The van der Waals surface area contributed by atoms with Gasteiger partial charge in [-0.3, -0.25) is 9.78 Å². The third-order valence-electron chi connectivity index (χ3n) is 13.3. The van der Waals surface area contributed by atoms with Crippen LogP contribution in [0.4, 0.5) is 0 Å². The monoisotopic (exact) mass is 989 g/mol. The number of allylic oxidation sites excluding steroid dienone is 2. The standard InChI is InChI=1S/C33H34NO5S.C15H28O2.Ir/c1-31(2,3)23-22-17(26(36)28(38)29(39)27(22)37)12-18(25(23)35)24-30-15(8-11-34-24)16-13-19-20(14-21(16)40-30)33(6,7)10-9-32(19,4)5;1-7-14(5,8-2)12(16)11-13(17)15(6,9-3)10-4;/h8,11,13-14,35-39H,9-10H2,1-7H3;11,16H,7-10H2,1-6H3;/q-1;;/b;12-11-;. The maximum Gasteiger partial charge on any atom is 0.188 e. The first kappa shape index (κ1) is 46.8. The first-order valence-corrected chi connectivity index (χ1v) is 21.1. The van der Waals surface area contributed by atoms with E-state index in [1.807, 2.05) is 68.4 Å². The molecule has 0 atom stereocenters. The number of benzene rings is 3. The Bertz CT molecular complexity index is 2410. The van der Waals surface area contributed by atoms with Gasteiger partial charge in [-0.05, 0) is 94.9 Å². The molecule has 1 aliphatic rings. The summed E-state index contributed by atoms with van der Waals surface area (Å²) in [5.74, 6) is -2.82. The number of aromatic hydroxyl groups is 5. The van der Waals surface area contributed by atoms with E-state index in [-0.39, 0.29) is 75.4 Å². The van der Waals surface area contributed by atoms with Crippen molar-refractivity contribution in [3.8, 4) is 40.0 Å². The van der Waals surface area contributed by atoms with Gasteiger partial charge < -0.3 is 30.6 Å². The second kappa shape index (κ2) is 16.3. The van der Waals surface area contributed by atoms with Crippen LogP contribution in [0.15, 0.2) is 36.2 Å². The molecule has 8 nitrogen and oxygen atoms in total. The number of thiophene rings is 1. The topological polar surface area (TPSA) is 151 Å². The number of aliphatic hydroxyl groups excluding tert-OH is 1. The molecule has 0 bridgehead atoms. The fraction of sp³-hybridized carbons (Fsp3) is 0.500. The smallest absolute Gasteiger partial charge is 0.188 e. The maximum absolute atomic E-state index is 12.2. The molecule has 0 amide bonds. The molecule has 0 unspecified atom stereocenters. The quantitative estimate of drug-likeness (QED) is 0.0296. The number of rotatable bonds is 8. The molecule has 0 saturated carbocycles. The summed E-state index contributed by atoms with van der Waals surface area (Å²) in [7, 11) is 0. The van der Waals surface area contributed by atoms with Gasteiger partial charge in [0.2, 0.25) is 0 Å². The Balaban J connectivity index is 0.000000353. The second-order valence-electron chi connectivity index (χ2n) is 18.8. The fourth-order valence-electron chi connectivity index (χ4n) is 8.02. The minimum Gasteiger partial charge on any atom is -0.542 e. The van der Waals surface area contributed by atoms with E-state index in [1.54, 1.807) is 17.5 Å². The van der Waals surface area contributed by atoms with Crippen molar-refractivity contribution >= 4 is 48.1 Å². The van der Waals surface area contributed by atoms with E-state index in [4.69, 9.17) is 0 Å². The number of ketones is 1. The third kappa shape index (κ3) is 7.93. The molecule has 6 N–H and O–H groups in total. The van der Waals surface area contributed by atoms with Crippen molar-refractivity contribution < 1.29 is 55.5 Å². The summed E-state index contributed by atoms with van der Waals surface area (Å²) < 4.78 is 2.00.